The van der Waals surface area contributed by atoms with Crippen molar-refractivity contribution in [1.29, 1.82) is 5.26 Å². The molecule has 0 radical (unpaired) electrons. The first-order valence-corrected chi connectivity index (χ1v) is 8.29. The molecule has 0 saturated carbocycles. The number of anilines is 1. The molecule has 2 aromatic carbocycles. The van der Waals surface area contributed by atoms with Gasteiger partial charge < -0.3 is 10.6 Å². The lowest BCUT2D eigenvalue weighted by atomic mass is 10.1. The van der Waals surface area contributed by atoms with Crippen LogP contribution < -0.4 is 10.6 Å². The number of amides is 1. The Kier molecular flexibility index (Phi) is 6.92. The predicted molar refractivity (Wildman–Crippen MR) is 97.4 cm³/mol. The maximum Gasteiger partial charge on any atom is 0.221 e. The van der Waals surface area contributed by atoms with E-state index in [1.54, 1.807) is 24.3 Å². The molecule has 0 fully saturated rings. The van der Waals surface area contributed by atoms with Gasteiger partial charge in [-0.05, 0) is 36.2 Å². The summed E-state index contributed by atoms with van der Waals surface area (Å²) in [6.45, 7) is 0.973. The van der Waals surface area contributed by atoms with E-state index in [1.165, 1.54) is 0 Å². The van der Waals surface area contributed by atoms with Crippen LogP contribution in [0.25, 0.3) is 0 Å². The van der Waals surface area contributed by atoms with Gasteiger partial charge >= 0.3 is 0 Å². The summed E-state index contributed by atoms with van der Waals surface area (Å²) in [6, 6.07) is 14.6. The van der Waals surface area contributed by atoms with E-state index in [1.807, 2.05) is 18.2 Å². The second-order valence-electron chi connectivity index (χ2n) is 5.17. The summed E-state index contributed by atoms with van der Waals surface area (Å²) in [4.78, 5) is 11.8. The molecule has 2 aromatic rings. The minimum Gasteiger partial charge on any atom is -0.383 e. The molecule has 2 N–H and O–H groups in total. The molecule has 4 nitrogen and oxygen atoms in total. The number of nitrogens with zero attached hydrogens (tertiary/aromatic N) is 1. The Bertz CT molecular complexity index is 756. The van der Waals surface area contributed by atoms with Gasteiger partial charge in [-0.3, -0.25) is 4.79 Å². The maximum absolute atomic E-state index is 11.8. The lowest BCUT2D eigenvalue weighted by Crippen LogP contribution is -2.27. The molecule has 0 aliphatic rings. The number of hydrogen-bond acceptors (Lipinski definition) is 3. The zero-order valence-electron chi connectivity index (χ0n) is 13.0. The first-order valence-electron chi connectivity index (χ1n) is 7.54. The fourth-order valence-electron chi connectivity index (χ4n) is 2.19. The Morgan fingerprint density at radius 2 is 1.92 bits per heavy atom. The van der Waals surface area contributed by atoms with Crippen LogP contribution in [0.15, 0.2) is 42.5 Å². The summed E-state index contributed by atoms with van der Waals surface area (Å²) in [6.07, 6.45) is 0.973. The van der Waals surface area contributed by atoms with E-state index in [4.69, 9.17) is 28.5 Å². The van der Waals surface area contributed by atoms with Gasteiger partial charge in [0.1, 0.15) is 6.07 Å². The first kappa shape index (κ1) is 18.1. The van der Waals surface area contributed by atoms with E-state index >= 15 is 0 Å². The Balaban J connectivity index is 1.71. The van der Waals surface area contributed by atoms with E-state index < -0.39 is 0 Å². The predicted octanol–water partition coefficient (Wildman–Crippen LogP) is 4.03. The first-order chi connectivity index (χ1) is 11.6. The molecule has 0 heterocycles. The van der Waals surface area contributed by atoms with Crippen molar-refractivity contribution in [3.05, 3.63) is 63.6 Å². The van der Waals surface area contributed by atoms with Gasteiger partial charge in [0.05, 0.1) is 11.3 Å². The molecule has 2 rings (SSSR count). The van der Waals surface area contributed by atoms with E-state index in [0.717, 1.165) is 11.3 Å². The molecule has 0 aromatic heterocycles. The molecule has 0 aliphatic heterocycles. The molecule has 0 spiro atoms. The number of carbonyl (C=O) groups is 1. The van der Waals surface area contributed by atoms with E-state index in [0.29, 0.717) is 41.5 Å². The van der Waals surface area contributed by atoms with Crippen LogP contribution in [0, 0.1) is 11.3 Å². The lowest BCUT2D eigenvalue weighted by Gasteiger charge is -2.09. The SMILES string of the molecule is N#Cc1ccccc1NCCC(=O)NCCc1ccc(Cl)cc1Cl. The summed E-state index contributed by atoms with van der Waals surface area (Å²) in [7, 11) is 0. The zero-order chi connectivity index (χ0) is 17.4. The van der Waals surface area contributed by atoms with Crippen molar-refractivity contribution in [2.75, 3.05) is 18.4 Å². The van der Waals surface area contributed by atoms with Crippen LogP contribution >= 0.6 is 23.2 Å². The normalized spacial score (nSPS) is 10.0. The molecule has 6 heteroatoms. The van der Waals surface area contributed by atoms with Gasteiger partial charge in [-0.15, -0.1) is 0 Å². The third-order valence-corrected chi connectivity index (χ3v) is 4.03. The van der Waals surface area contributed by atoms with E-state index in [-0.39, 0.29) is 5.91 Å². The molecule has 0 aliphatic carbocycles. The number of rotatable bonds is 7. The molecular formula is C18H17Cl2N3O. The van der Waals surface area contributed by atoms with Crippen LogP contribution in [0.4, 0.5) is 5.69 Å². The lowest BCUT2D eigenvalue weighted by molar-refractivity contribution is -0.120. The number of para-hydroxylation sites is 1. The average molecular weight is 362 g/mol. The molecule has 0 saturated heterocycles. The molecule has 1 amide bonds. The Labute approximate surface area is 151 Å². The maximum atomic E-state index is 11.8. The number of hydrogen-bond donors (Lipinski definition) is 2. The monoisotopic (exact) mass is 361 g/mol. The largest absolute Gasteiger partial charge is 0.383 e. The van der Waals surface area contributed by atoms with Crippen LogP contribution in [0.2, 0.25) is 10.0 Å². The second kappa shape index (κ2) is 9.17. The molecular weight excluding hydrogens is 345 g/mol. The topological polar surface area (TPSA) is 64.9 Å². The van der Waals surface area contributed by atoms with Gasteiger partial charge in [0.15, 0.2) is 0 Å². The minimum absolute atomic E-state index is 0.0537. The smallest absolute Gasteiger partial charge is 0.221 e. The van der Waals surface area contributed by atoms with Crippen molar-refractivity contribution in [1.82, 2.24) is 5.32 Å². The standard InChI is InChI=1S/C18H17Cl2N3O/c19-15-6-5-13(16(20)11-15)7-9-23-18(24)8-10-22-17-4-2-1-3-14(17)12-21/h1-6,11,22H,7-10H2,(H,23,24). The molecule has 24 heavy (non-hydrogen) atoms. The van der Waals surface area contributed by atoms with Crippen LogP contribution in [0.5, 0.6) is 0 Å². The summed E-state index contributed by atoms with van der Waals surface area (Å²) >= 11 is 11.9. The summed E-state index contributed by atoms with van der Waals surface area (Å²) in [5, 5.41) is 16.2. The van der Waals surface area contributed by atoms with Crippen LogP contribution in [0.3, 0.4) is 0 Å². The summed E-state index contributed by atoms with van der Waals surface area (Å²) < 4.78 is 0. The number of halogens is 2. The van der Waals surface area contributed by atoms with E-state index in [2.05, 4.69) is 16.7 Å². The quantitative estimate of drug-likeness (QED) is 0.782. The zero-order valence-corrected chi connectivity index (χ0v) is 14.5. The van der Waals surface area contributed by atoms with Crippen molar-refractivity contribution < 1.29 is 4.79 Å². The third-order valence-electron chi connectivity index (χ3n) is 3.45. The number of nitrogens with one attached hydrogen (secondary N) is 2. The van der Waals surface area contributed by atoms with Crippen molar-refractivity contribution in [2.24, 2.45) is 0 Å². The van der Waals surface area contributed by atoms with Crippen molar-refractivity contribution >= 4 is 34.8 Å². The number of benzene rings is 2. The highest BCUT2D eigenvalue weighted by molar-refractivity contribution is 6.35. The summed E-state index contributed by atoms with van der Waals surface area (Å²) in [5.74, 6) is -0.0537. The molecule has 124 valence electrons. The summed E-state index contributed by atoms with van der Waals surface area (Å²) in [5.41, 5.74) is 2.25. The molecule has 0 atom stereocenters. The van der Waals surface area contributed by atoms with Gasteiger partial charge in [-0.1, -0.05) is 41.4 Å². The number of carbonyl (C=O) groups excluding carboxylic acids is 1. The molecule has 0 unspecified atom stereocenters. The minimum atomic E-state index is -0.0537. The fourth-order valence-corrected chi connectivity index (χ4v) is 2.70. The third kappa shape index (κ3) is 5.45. The number of nitriles is 1. The highest BCUT2D eigenvalue weighted by Crippen LogP contribution is 2.21. The van der Waals surface area contributed by atoms with Crippen molar-refractivity contribution in [3.63, 3.8) is 0 Å². The Hall–Kier alpha value is -2.22. The van der Waals surface area contributed by atoms with Gasteiger partial charge in [-0.2, -0.15) is 5.26 Å². The fraction of sp³-hybridized carbons (Fsp3) is 0.222. The van der Waals surface area contributed by atoms with Gasteiger partial charge in [0, 0.05) is 29.6 Å². The highest BCUT2D eigenvalue weighted by atomic mass is 35.5. The molecule has 0 bridgehead atoms. The van der Waals surface area contributed by atoms with Gasteiger partial charge in [-0.25, -0.2) is 0 Å². The van der Waals surface area contributed by atoms with Crippen LogP contribution in [0.1, 0.15) is 17.5 Å². The van der Waals surface area contributed by atoms with Crippen molar-refractivity contribution in [3.8, 4) is 6.07 Å². The average Bonchev–Trinajstić information content (AvgIpc) is 2.57. The second-order valence-corrected chi connectivity index (χ2v) is 6.01. The Morgan fingerprint density at radius 3 is 2.67 bits per heavy atom. The van der Waals surface area contributed by atoms with Gasteiger partial charge in [0.25, 0.3) is 0 Å². The van der Waals surface area contributed by atoms with E-state index in [9.17, 15) is 4.79 Å². The van der Waals surface area contributed by atoms with Gasteiger partial charge in [0.2, 0.25) is 5.91 Å². The van der Waals surface area contributed by atoms with Crippen LogP contribution in [-0.4, -0.2) is 19.0 Å². The van der Waals surface area contributed by atoms with Crippen LogP contribution in [-0.2, 0) is 11.2 Å². The van der Waals surface area contributed by atoms with Crippen molar-refractivity contribution in [2.45, 2.75) is 12.8 Å². The highest BCUT2D eigenvalue weighted by Gasteiger charge is 2.05. The Morgan fingerprint density at radius 1 is 1.12 bits per heavy atom.